The van der Waals surface area contributed by atoms with Crippen molar-refractivity contribution in [3.63, 3.8) is 0 Å². The molecule has 46 heavy (non-hydrogen) atoms. The second kappa shape index (κ2) is 17.4. The van der Waals surface area contributed by atoms with Gasteiger partial charge in [-0.2, -0.15) is 12.6 Å². The Morgan fingerprint density at radius 1 is 1.04 bits per heavy atom. The molecule has 9 nitrogen and oxygen atoms in total. The van der Waals surface area contributed by atoms with Gasteiger partial charge in [-0.1, -0.05) is 97.7 Å². The number of hydrogen-bond acceptors (Lipinski definition) is 6. The third-order valence-corrected chi connectivity index (χ3v) is 9.13. The van der Waals surface area contributed by atoms with Crippen LogP contribution in [-0.2, 0) is 46.8 Å². The molecule has 0 spiro atoms. The highest BCUT2D eigenvalue weighted by atomic mass is 35.5. The standard InChI is InChI=1S/C34H39ClN4O5S2/c1-2-3-13-31-37-33(35)30(22-40)38(31)21-25-14-16-26(17-15-25)28-11-7-8-12-29(28)39(46(43)44)32(41)18-19-36-34(42)27(23-45)20-24-9-5-4-6-10-24/h4-12,14-17,27,40,45H,2-3,13,18-23H2,1H3,(H,36,42)(H,43,44). The minimum absolute atomic E-state index is 0.00956. The van der Waals surface area contributed by atoms with E-state index in [0.29, 0.717) is 35.1 Å². The number of unbranched alkanes of at least 4 members (excludes halogenated alkanes) is 1. The van der Waals surface area contributed by atoms with E-state index in [0.717, 1.165) is 46.1 Å². The summed E-state index contributed by atoms with van der Waals surface area (Å²) in [5.41, 5.74) is 4.13. The normalized spacial score (nSPS) is 12.5. The average Bonchev–Trinajstić information content (AvgIpc) is 3.36. The second-order valence-electron chi connectivity index (χ2n) is 10.9. The predicted molar refractivity (Wildman–Crippen MR) is 186 cm³/mol. The van der Waals surface area contributed by atoms with Crippen molar-refractivity contribution in [1.82, 2.24) is 14.9 Å². The number of rotatable bonds is 16. The number of carbonyl (C=O) groups is 2. The summed E-state index contributed by atoms with van der Waals surface area (Å²) in [4.78, 5) is 30.5. The van der Waals surface area contributed by atoms with E-state index in [1.165, 1.54) is 0 Å². The maximum atomic E-state index is 13.3. The summed E-state index contributed by atoms with van der Waals surface area (Å²) in [7, 11) is 0. The smallest absolute Gasteiger partial charge is 0.268 e. The van der Waals surface area contributed by atoms with E-state index in [4.69, 9.17) is 11.6 Å². The van der Waals surface area contributed by atoms with Crippen LogP contribution in [0.2, 0.25) is 5.15 Å². The molecule has 1 aromatic heterocycles. The molecule has 244 valence electrons. The number of aryl methyl sites for hydroxylation is 1. The molecule has 0 aliphatic carbocycles. The number of carbonyl (C=O) groups excluding carboxylic acids is 2. The molecule has 2 atom stereocenters. The Morgan fingerprint density at radius 3 is 2.39 bits per heavy atom. The number of amides is 2. The molecular formula is C34H39ClN4O5S2. The zero-order valence-electron chi connectivity index (χ0n) is 25.6. The SMILES string of the molecule is CCCCc1nc(Cl)c(CO)n1Cc1ccc(-c2ccccc2N(C(=O)CCNC(=O)C(CS)Cc2ccccc2)S(=O)O)cc1. The van der Waals surface area contributed by atoms with Crippen LogP contribution in [0.1, 0.15) is 48.8 Å². The number of nitrogens with one attached hydrogen (secondary N) is 1. The number of halogens is 1. The van der Waals surface area contributed by atoms with Crippen LogP contribution in [0.15, 0.2) is 78.9 Å². The molecule has 2 unspecified atom stereocenters. The van der Waals surface area contributed by atoms with Gasteiger partial charge in [-0.25, -0.2) is 13.5 Å². The highest BCUT2D eigenvalue weighted by Gasteiger charge is 2.25. The van der Waals surface area contributed by atoms with E-state index in [1.54, 1.807) is 24.3 Å². The molecule has 0 saturated carbocycles. The monoisotopic (exact) mass is 682 g/mol. The second-order valence-corrected chi connectivity index (χ2v) is 12.4. The van der Waals surface area contributed by atoms with E-state index >= 15 is 0 Å². The van der Waals surface area contributed by atoms with E-state index in [2.05, 4.69) is 29.9 Å². The van der Waals surface area contributed by atoms with Gasteiger partial charge in [0.25, 0.3) is 11.3 Å². The van der Waals surface area contributed by atoms with Crippen molar-refractivity contribution in [2.24, 2.45) is 5.92 Å². The Balaban J connectivity index is 1.47. The molecule has 12 heteroatoms. The lowest BCUT2D eigenvalue weighted by Gasteiger charge is -2.22. The van der Waals surface area contributed by atoms with Gasteiger partial charge in [-0.15, -0.1) is 0 Å². The van der Waals surface area contributed by atoms with Gasteiger partial charge < -0.3 is 15.0 Å². The van der Waals surface area contributed by atoms with Crippen molar-refractivity contribution in [1.29, 1.82) is 0 Å². The summed E-state index contributed by atoms with van der Waals surface area (Å²) in [6.45, 7) is 2.35. The summed E-state index contributed by atoms with van der Waals surface area (Å²) in [5, 5.41) is 13.0. The number of aliphatic hydroxyl groups is 1. The fourth-order valence-corrected chi connectivity index (χ4v) is 6.37. The number of thiol groups is 1. The molecule has 4 rings (SSSR count). The van der Waals surface area contributed by atoms with Crippen molar-refractivity contribution >= 4 is 53.0 Å². The van der Waals surface area contributed by atoms with Gasteiger partial charge in [0.15, 0.2) is 5.15 Å². The first kappa shape index (κ1) is 35.4. The molecule has 0 radical (unpaired) electrons. The van der Waals surface area contributed by atoms with E-state index in [9.17, 15) is 23.5 Å². The van der Waals surface area contributed by atoms with E-state index in [-0.39, 0.29) is 37.1 Å². The number of para-hydroxylation sites is 1. The number of nitrogens with zero attached hydrogens (tertiary/aromatic N) is 3. The molecule has 0 saturated heterocycles. The first-order chi connectivity index (χ1) is 22.3. The van der Waals surface area contributed by atoms with Gasteiger partial charge >= 0.3 is 0 Å². The highest BCUT2D eigenvalue weighted by Crippen LogP contribution is 2.32. The summed E-state index contributed by atoms with van der Waals surface area (Å²) in [5.74, 6) is -0.0594. The first-order valence-electron chi connectivity index (χ1n) is 15.2. The molecule has 3 N–H and O–H groups in total. The van der Waals surface area contributed by atoms with Crippen LogP contribution in [0.25, 0.3) is 11.1 Å². The summed E-state index contributed by atoms with van der Waals surface area (Å²) in [6, 6.07) is 24.1. The van der Waals surface area contributed by atoms with Gasteiger partial charge in [-0.05, 0) is 35.6 Å². The lowest BCUT2D eigenvalue weighted by molar-refractivity contribution is -0.124. The largest absolute Gasteiger partial charge is 0.390 e. The number of aromatic nitrogens is 2. The minimum atomic E-state index is -2.65. The Kier molecular flexibility index (Phi) is 13.4. The fraction of sp³-hybridized carbons (Fsp3) is 0.324. The van der Waals surface area contributed by atoms with E-state index in [1.807, 2.05) is 59.2 Å². The summed E-state index contributed by atoms with van der Waals surface area (Å²) >= 11 is 7.99. The van der Waals surface area contributed by atoms with Crippen LogP contribution in [0.4, 0.5) is 5.69 Å². The Labute approximate surface area is 282 Å². The highest BCUT2D eigenvalue weighted by molar-refractivity contribution is 7.81. The van der Waals surface area contributed by atoms with Gasteiger partial charge in [0.05, 0.1) is 23.9 Å². The molecule has 0 fully saturated rings. The zero-order chi connectivity index (χ0) is 33.1. The van der Waals surface area contributed by atoms with Crippen molar-refractivity contribution in [2.75, 3.05) is 16.6 Å². The zero-order valence-corrected chi connectivity index (χ0v) is 28.1. The summed E-state index contributed by atoms with van der Waals surface area (Å²) < 4.78 is 25.5. The fourth-order valence-electron chi connectivity index (χ4n) is 5.22. The average molecular weight is 683 g/mol. The van der Waals surface area contributed by atoms with Crippen LogP contribution >= 0.6 is 24.2 Å². The maximum Gasteiger partial charge on any atom is 0.268 e. The lowest BCUT2D eigenvalue weighted by Crippen LogP contribution is -2.38. The Hall–Kier alpha value is -3.48. The van der Waals surface area contributed by atoms with Crippen molar-refractivity contribution < 1.29 is 23.5 Å². The number of hydrogen-bond donors (Lipinski definition) is 4. The lowest BCUT2D eigenvalue weighted by atomic mass is 10.0. The quantitative estimate of drug-likeness (QED) is 0.0868. The van der Waals surface area contributed by atoms with Crippen molar-refractivity contribution in [2.45, 2.75) is 52.2 Å². The van der Waals surface area contributed by atoms with Crippen molar-refractivity contribution in [3.05, 3.63) is 107 Å². The van der Waals surface area contributed by atoms with Crippen LogP contribution < -0.4 is 9.62 Å². The topological polar surface area (TPSA) is 125 Å². The van der Waals surface area contributed by atoms with E-state index < -0.39 is 17.2 Å². The third kappa shape index (κ3) is 9.07. The van der Waals surface area contributed by atoms with Crippen LogP contribution in [-0.4, -0.2) is 47.5 Å². The Morgan fingerprint density at radius 2 is 1.74 bits per heavy atom. The molecule has 4 aromatic rings. The number of benzene rings is 3. The van der Waals surface area contributed by atoms with Crippen LogP contribution in [0, 0.1) is 5.92 Å². The van der Waals surface area contributed by atoms with Crippen LogP contribution in [0.5, 0.6) is 0 Å². The third-order valence-electron chi connectivity index (χ3n) is 7.67. The van der Waals surface area contributed by atoms with Crippen molar-refractivity contribution in [3.8, 4) is 11.1 Å². The van der Waals surface area contributed by atoms with Gasteiger partial charge in [-0.3, -0.25) is 14.1 Å². The molecule has 3 aromatic carbocycles. The predicted octanol–water partition coefficient (Wildman–Crippen LogP) is 5.85. The molecule has 2 amide bonds. The van der Waals surface area contributed by atoms with Gasteiger partial charge in [0.2, 0.25) is 11.8 Å². The number of imidazole rings is 1. The Bertz CT molecular complexity index is 1630. The number of aliphatic hydroxyl groups excluding tert-OH is 1. The molecule has 0 bridgehead atoms. The molecule has 0 aliphatic heterocycles. The first-order valence-corrected chi connectivity index (χ1v) is 17.2. The number of anilines is 1. The summed E-state index contributed by atoms with van der Waals surface area (Å²) in [6.07, 6.45) is 3.05. The van der Waals surface area contributed by atoms with Gasteiger partial charge in [0, 0.05) is 37.2 Å². The molecular weight excluding hydrogens is 644 g/mol. The minimum Gasteiger partial charge on any atom is -0.390 e. The van der Waals surface area contributed by atoms with Crippen LogP contribution in [0.3, 0.4) is 0 Å². The maximum absolute atomic E-state index is 13.3. The molecule has 0 aliphatic rings. The van der Waals surface area contributed by atoms with Gasteiger partial charge in [0.1, 0.15) is 5.82 Å². The molecule has 1 heterocycles.